The van der Waals surface area contributed by atoms with Gasteiger partial charge in [-0.1, -0.05) is 12.8 Å². The van der Waals surface area contributed by atoms with Gasteiger partial charge >= 0.3 is 6.03 Å². The Balaban J connectivity index is 1.59. The van der Waals surface area contributed by atoms with Crippen molar-refractivity contribution in [2.24, 2.45) is 0 Å². The van der Waals surface area contributed by atoms with Gasteiger partial charge in [0, 0.05) is 19.6 Å². The first-order valence-electron chi connectivity index (χ1n) is 7.65. The maximum absolute atomic E-state index is 11.9. The number of carbonyl (C=O) groups is 3. The van der Waals surface area contributed by atoms with Crippen molar-refractivity contribution < 1.29 is 19.1 Å². The number of imide groups is 1. The average molecular weight is 297 g/mol. The van der Waals surface area contributed by atoms with E-state index in [1.807, 2.05) is 0 Å². The molecule has 7 heteroatoms. The molecule has 2 fully saturated rings. The van der Waals surface area contributed by atoms with Crippen LogP contribution in [0, 0.1) is 0 Å². The Morgan fingerprint density at radius 1 is 1.24 bits per heavy atom. The van der Waals surface area contributed by atoms with Crippen LogP contribution in [0.15, 0.2) is 0 Å². The molecule has 2 aliphatic rings. The molecule has 7 nitrogen and oxygen atoms in total. The zero-order valence-electron chi connectivity index (χ0n) is 12.2. The van der Waals surface area contributed by atoms with Gasteiger partial charge in [-0.2, -0.15) is 0 Å². The fraction of sp³-hybridized carbons (Fsp3) is 0.786. The maximum Gasteiger partial charge on any atom is 0.322 e. The molecule has 1 saturated heterocycles. The van der Waals surface area contributed by atoms with Crippen LogP contribution < -0.4 is 16.0 Å². The van der Waals surface area contributed by atoms with Crippen molar-refractivity contribution >= 4 is 17.8 Å². The third-order valence-corrected chi connectivity index (χ3v) is 3.81. The van der Waals surface area contributed by atoms with Crippen molar-refractivity contribution in [3.05, 3.63) is 0 Å². The van der Waals surface area contributed by atoms with Crippen LogP contribution >= 0.6 is 0 Å². The van der Waals surface area contributed by atoms with Gasteiger partial charge in [-0.15, -0.1) is 0 Å². The van der Waals surface area contributed by atoms with Crippen molar-refractivity contribution in [2.75, 3.05) is 13.2 Å². The molecule has 1 heterocycles. The Labute approximate surface area is 124 Å². The molecule has 1 atom stereocenters. The Bertz CT molecular complexity index is 394. The summed E-state index contributed by atoms with van der Waals surface area (Å²) in [5, 5.41) is 7.39. The predicted octanol–water partition coefficient (Wildman–Crippen LogP) is 0.440. The van der Waals surface area contributed by atoms with Crippen LogP contribution in [0.1, 0.15) is 44.9 Å². The SMILES string of the molecule is O=C1CC[C@@H](C(=O)NCCCOC2CCCC2)NC(=O)N1. The van der Waals surface area contributed by atoms with E-state index in [4.69, 9.17) is 4.74 Å². The normalized spacial score (nSPS) is 23.3. The van der Waals surface area contributed by atoms with Gasteiger partial charge in [0.1, 0.15) is 6.04 Å². The van der Waals surface area contributed by atoms with E-state index >= 15 is 0 Å². The fourth-order valence-electron chi connectivity index (χ4n) is 2.64. The van der Waals surface area contributed by atoms with Crippen molar-refractivity contribution in [3.8, 4) is 0 Å². The first kappa shape index (κ1) is 15.8. The van der Waals surface area contributed by atoms with E-state index in [9.17, 15) is 14.4 Å². The zero-order valence-corrected chi connectivity index (χ0v) is 12.2. The summed E-state index contributed by atoms with van der Waals surface area (Å²) < 4.78 is 5.71. The summed E-state index contributed by atoms with van der Waals surface area (Å²) in [6, 6.07) is -1.26. The Kier molecular flexibility index (Phi) is 5.98. The minimum absolute atomic E-state index is 0.168. The van der Waals surface area contributed by atoms with E-state index in [2.05, 4.69) is 16.0 Å². The van der Waals surface area contributed by atoms with Gasteiger partial charge < -0.3 is 15.4 Å². The van der Waals surface area contributed by atoms with Gasteiger partial charge in [0.25, 0.3) is 0 Å². The van der Waals surface area contributed by atoms with E-state index in [-0.39, 0.29) is 18.2 Å². The highest BCUT2D eigenvalue weighted by molar-refractivity contribution is 5.98. The zero-order chi connectivity index (χ0) is 15.1. The first-order valence-corrected chi connectivity index (χ1v) is 7.65. The lowest BCUT2D eigenvalue weighted by Gasteiger charge is -2.15. The van der Waals surface area contributed by atoms with E-state index in [1.165, 1.54) is 12.8 Å². The molecular weight excluding hydrogens is 274 g/mol. The van der Waals surface area contributed by atoms with Gasteiger partial charge in [0.05, 0.1) is 6.10 Å². The van der Waals surface area contributed by atoms with Gasteiger partial charge in [0.2, 0.25) is 11.8 Å². The molecule has 1 saturated carbocycles. The molecule has 0 bridgehead atoms. The van der Waals surface area contributed by atoms with Crippen LogP contribution in [0.4, 0.5) is 4.79 Å². The molecule has 1 aliphatic carbocycles. The number of hydrogen-bond acceptors (Lipinski definition) is 4. The molecule has 21 heavy (non-hydrogen) atoms. The fourth-order valence-corrected chi connectivity index (χ4v) is 2.64. The minimum atomic E-state index is -0.646. The predicted molar refractivity (Wildman–Crippen MR) is 75.5 cm³/mol. The number of urea groups is 1. The second-order valence-electron chi connectivity index (χ2n) is 5.53. The van der Waals surface area contributed by atoms with Crippen molar-refractivity contribution in [1.29, 1.82) is 0 Å². The summed E-state index contributed by atoms with van der Waals surface area (Å²) in [5.41, 5.74) is 0. The number of hydrogen-bond donors (Lipinski definition) is 3. The molecule has 0 aromatic rings. The Hall–Kier alpha value is -1.63. The molecule has 0 unspecified atom stereocenters. The third kappa shape index (κ3) is 5.34. The van der Waals surface area contributed by atoms with Gasteiger partial charge in [-0.3, -0.25) is 14.9 Å². The van der Waals surface area contributed by atoms with Crippen LogP contribution in [0.2, 0.25) is 0 Å². The second kappa shape index (κ2) is 7.97. The van der Waals surface area contributed by atoms with E-state index in [0.717, 1.165) is 19.3 Å². The van der Waals surface area contributed by atoms with Crippen LogP contribution in [0.3, 0.4) is 0 Å². The number of rotatable bonds is 6. The smallest absolute Gasteiger partial charge is 0.322 e. The molecule has 0 aromatic heterocycles. The van der Waals surface area contributed by atoms with Crippen molar-refractivity contribution in [1.82, 2.24) is 16.0 Å². The van der Waals surface area contributed by atoms with Crippen LogP contribution in [-0.4, -0.2) is 43.1 Å². The number of nitrogens with one attached hydrogen (secondary N) is 3. The van der Waals surface area contributed by atoms with Gasteiger partial charge in [-0.05, 0) is 25.7 Å². The monoisotopic (exact) mass is 297 g/mol. The quantitative estimate of drug-likeness (QED) is 0.620. The summed E-state index contributed by atoms with van der Waals surface area (Å²) in [4.78, 5) is 34.4. The van der Waals surface area contributed by atoms with E-state index in [1.54, 1.807) is 0 Å². The lowest BCUT2D eigenvalue weighted by Crippen LogP contribution is -2.48. The van der Waals surface area contributed by atoms with Crippen LogP contribution in [-0.2, 0) is 14.3 Å². The summed E-state index contributed by atoms with van der Waals surface area (Å²) in [6.45, 7) is 1.15. The first-order chi connectivity index (χ1) is 10.1. The standard InChI is InChI=1S/C14H23N3O4/c18-12-7-6-11(16-14(20)17-12)13(19)15-8-3-9-21-10-4-1-2-5-10/h10-11H,1-9H2,(H,15,19)(H2,16,17,18,20)/t11-/m0/s1. The Morgan fingerprint density at radius 3 is 2.76 bits per heavy atom. The number of amides is 4. The summed E-state index contributed by atoms with van der Waals surface area (Å²) >= 11 is 0. The highest BCUT2D eigenvalue weighted by atomic mass is 16.5. The largest absolute Gasteiger partial charge is 0.378 e. The lowest BCUT2D eigenvalue weighted by atomic mass is 10.1. The van der Waals surface area contributed by atoms with Crippen LogP contribution in [0.25, 0.3) is 0 Å². The van der Waals surface area contributed by atoms with E-state index in [0.29, 0.717) is 25.7 Å². The summed E-state index contributed by atoms with van der Waals surface area (Å²) in [6.07, 6.45) is 6.40. The molecule has 0 spiro atoms. The minimum Gasteiger partial charge on any atom is -0.378 e. The van der Waals surface area contributed by atoms with Crippen molar-refractivity contribution in [3.63, 3.8) is 0 Å². The molecule has 3 N–H and O–H groups in total. The number of ether oxygens (including phenoxy) is 1. The molecule has 0 aromatic carbocycles. The molecular formula is C14H23N3O4. The maximum atomic E-state index is 11.9. The highest BCUT2D eigenvalue weighted by Crippen LogP contribution is 2.20. The molecule has 2 rings (SSSR count). The lowest BCUT2D eigenvalue weighted by molar-refractivity contribution is -0.123. The van der Waals surface area contributed by atoms with Crippen molar-refractivity contribution in [2.45, 2.75) is 57.1 Å². The third-order valence-electron chi connectivity index (χ3n) is 3.81. The average Bonchev–Trinajstić information content (AvgIpc) is 2.89. The van der Waals surface area contributed by atoms with Gasteiger partial charge in [-0.25, -0.2) is 4.79 Å². The highest BCUT2D eigenvalue weighted by Gasteiger charge is 2.25. The Morgan fingerprint density at radius 2 is 2.00 bits per heavy atom. The molecule has 4 amide bonds. The summed E-state index contributed by atoms with van der Waals surface area (Å²) in [7, 11) is 0. The van der Waals surface area contributed by atoms with Crippen LogP contribution in [0.5, 0.6) is 0 Å². The molecule has 1 aliphatic heterocycles. The molecule has 0 radical (unpaired) electrons. The number of carbonyl (C=O) groups excluding carboxylic acids is 3. The second-order valence-corrected chi connectivity index (χ2v) is 5.53. The topological polar surface area (TPSA) is 96.5 Å². The van der Waals surface area contributed by atoms with Gasteiger partial charge in [0.15, 0.2) is 0 Å². The van der Waals surface area contributed by atoms with E-state index < -0.39 is 12.1 Å². The molecule has 118 valence electrons. The summed E-state index contributed by atoms with van der Waals surface area (Å²) in [5.74, 6) is -0.603.